The van der Waals surface area contributed by atoms with Gasteiger partial charge in [-0.1, -0.05) is 29.0 Å². The molecule has 2 aromatic carbocycles. The lowest BCUT2D eigenvalue weighted by Gasteiger charge is -2.34. The highest BCUT2D eigenvalue weighted by Crippen LogP contribution is 2.30. The van der Waals surface area contributed by atoms with E-state index in [0.29, 0.717) is 13.1 Å². The molecule has 0 aliphatic carbocycles. The highest BCUT2D eigenvalue weighted by molar-refractivity contribution is 7.22. The molecule has 0 saturated carbocycles. The molecule has 0 atom stereocenters. The van der Waals surface area contributed by atoms with Crippen molar-refractivity contribution in [2.75, 3.05) is 44.2 Å². The predicted octanol–water partition coefficient (Wildman–Crippen LogP) is 4.14. The first kappa shape index (κ1) is 24.2. The molecule has 1 aliphatic heterocycles. The topological polar surface area (TPSA) is 91.6 Å². The Balaban J connectivity index is 0.00000289. The molecule has 170 valence electrons. The van der Waals surface area contributed by atoms with E-state index >= 15 is 0 Å². The van der Waals surface area contributed by atoms with Gasteiger partial charge in [-0.15, -0.1) is 12.4 Å². The summed E-state index contributed by atoms with van der Waals surface area (Å²) in [4.78, 5) is 32.1. The molecule has 0 unspecified atom stereocenters. The van der Waals surface area contributed by atoms with Crippen LogP contribution in [0.3, 0.4) is 0 Å². The van der Waals surface area contributed by atoms with E-state index in [1.54, 1.807) is 11.3 Å². The Morgan fingerprint density at radius 3 is 2.69 bits per heavy atom. The van der Waals surface area contributed by atoms with E-state index in [0.717, 1.165) is 36.8 Å². The first-order chi connectivity index (χ1) is 14.9. The van der Waals surface area contributed by atoms with Crippen molar-refractivity contribution in [2.24, 2.45) is 0 Å². The maximum absolute atomic E-state index is 12.4. The Hall–Kier alpha value is -2.46. The number of anilines is 1. The highest BCUT2D eigenvalue weighted by Gasteiger charge is 2.20. The van der Waals surface area contributed by atoms with Crippen LogP contribution in [0.25, 0.3) is 10.2 Å². The number of nitro benzene ring substituents is 1. The van der Waals surface area contributed by atoms with Gasteiger partial charge in [0.2, 0.25) is 0 Å². The van der Waals surface area contributed by atoms with Crippen LogP contribution in [0.2, 0.25) is 5.02 Å². The lowest BCUT2D eigenvalue weighted by Crippen LogP contribution is -2.48. The number of thiazole rings is 1. The zero-order valence-corrected chi connectivity index (χ0v) is 19.8. The number of fused-ring (bicyclic) bond motifs is 1. The maximum atomic E-state index is 12.4. The minimum Gasteiger partial charge on any atom is -0.351 e. The molecule has 1 fully saturated rings. The van der Waals surface area contributed by atoms with Gasteiger partial charge in [-0.3, -0.25) is 19.8 Å². The minimum absolute atomic E-state index is 0. The second-order valence-electron chi connectivity index (χ2n) is 7.47. The van der Waals surface area contributed by atoms with E-state index in [1.807, 2.05) is 0 Å². The number of aryl methyl sites for hydroxylation is 1. The number of hydrogen-bond acceptors (Lipinski definition) is 7. The van der Waals surface area contributed by atoms with Crippen molar-refractivity contribution in [2.45, 2.75) is 6.92 Å². The minimum atomic E-state index is -0.542. The van der Waals surface area contributed by atoms with Crippen LogP contribution in [-0.2, 0) is 0 Å². The van der Waals surface area contributed by atoms with Crippen molar-refractivity contribution in [3.8, 4) is 0 Å². The highest BCUT2D eigenvalue weighted by atomic mass is 35.5. The van der Waals surface area contributed by atoms with Crippen molar-refractivity contribution >= 4 is 62.3 Å². The van der Waals surface area contributed by atoms with Crippen LogP contribution in [0.1, 0.15) is 15.9 Å². The van der Waals surface area contributed by atoms with Gasteiger partial charge in [-0.25, -0.2) is 4.98 Å². The second kappa shape index (κ2) is 10.4. The Kier molecular flexibility index (Phi) is 7.89. The maximum Gasteiger partial charge on any atom is 0.270 e. The molecule has 0 spiro atoms. The van der Waals surface area contributed by atoms with E-state index in [4.69, 9.17) is 16.6 Å². The standard InChI is InChI=1S/C21H22ClN5O3S.ClH/c1-14-2-5-18-19(12-14)31-21(24-18)26-10-8-25(9-11-26)7-6-23-20(28)16-13-15(27(29)30)3-4-17(16)22;/h2-5,12-13H,6-11H2,1H3,(H,23,28);1H. The third kappa shape index (κ3) is 5.47. The van der Waals surface area contributed by atoms with Crippen LogP contribution in [0.5, 0.6) is 0 Å². The molecule has 1 N–H and O–H groups in total. The Morgan fingerprint density at radius 1 is 1.22 bits per heavy atom. The summed E-state index contributed by atoms with van der Waals surface area (Å²) in [6, 6.07) is 10.2. The number of nitrogens with zero attached hydrogens (tertiary/aromatic N) is 4. The monoisotopic (exact) mass is 495 g/mol. The Morgan fingerprint density at radius 2 is 1.97 bits per heavy atom. The molecule has 3 aromatic rings. The van der Waals surface area contributed by atoms with Gasteiger partial charge < -0.3 is 10.2 Å². The van der Waals surface area contributed by atoms with Gasteiger partial charge in [0.1, 0.15) is 0 Å². The number of benzene rings is 2. The molecule has 1 amide bonds. The SMILES string of the molecule is Cc1ccc2nc(N3CCN(CCNC(=O)c4cc([N+](=O)[O-])ccc4Cl)CC3)sc2c1.Cl. The third-order valence-electron chi connectivity index (χ3n) is 5.29. The van der Waals surface area contributed by atoms with Crippen LogP contribution in [-0.4, -0.2) is 60.0 Å². The molecule has 1 aliphatic rings. The van der Waals surface area contributed by atoms with Crippen LogP contribution in [0.4, 0.5) is 10.8 Å². The fraction of sp³-hybridized carbons (Fsp3) is 0.333. The first-order valence-electron chi connectivity index (χ1n) is 9.97. The average molecular weight is 496 g/mol. The molecular formula is C21H23Cl2N5O3S. The summed E-state index contributed by atoms with van der Waals surface area (Å²) >= 11 is 7.75. The lowest BCUT2D eigenvalue weighted by atomic mass is 10.2. The Bertz CT molecular complexity index is 1130. The smallest absolute Gasteiger partial charge is 0.270 e. The normalized spacial score (nSPS) is 14.2. The largest absolute Gasteiger partial charge is 0.351 e. The summed E-state index contributed by atoms with van der Waals surface area (Å²) in [6.45, 7) is 6.74. The fourth-order valence-corrected chi connectivity index (χ4v) is 4.86. The number of piperazine rings is 1. The van der Waals surface area contributed by atoms with E-state index in [9.17, 15) is 14.9 Å². The van der Waals surface area contributed by atoms with Crippen LogP contribution < -0.4 is 10.2 Å². The number of aromatic nitrogens is 1. The van der Waals surface area contributed by atoms with E-state index in [2.05, 4.69) is 40.2 Å². The molecule has 4 rings (SSSR count). The van der Waals surface area contributed by atoms with Gasteiger partial charge in [-0.05, 0) is 30.7 Å². The summed E-state index contributed by atoms with van der Waals surface area (Å²) in [5, 5.41) is 15.0. The molecule has 1 aromatic heterocycles. The summed E-state index contributed by atoms with van der Waals surface area (Å²) in [7, 11) is 0. The quantitative estimate of drug-likeness (QED) is 0.408. The number of amides is 1. The van der Waals surface area contributed by atoms with Gasteiger partial charge in [0.15, 0.2) is 5.13 Å². The van der Waals surface area contributed by atoms with Gasteiger partial charge in [0, 0.05) is 51.4 Å². The number of carbonyl (C=O) groups excluding carboxylic acids is 1. The third-order valence-corrected chi connectivity index (χ3v) is 6.70. The molecule has 0 bridgehead atoms. The molecule has 2 heterocycles. The zero-order chi connectivity index (χ0) is 22.0. The van der Waals surface area contributed by atoms with E-state index < -0.39 is 10.8 Å². The fourth-order valence-electron chi connectivity index (χ4n) is 3.54. The second-order valence-corrected chi connectivity index (χ2v) is 8.89. The van der Waals surface area contributed by atoms with Gasteiger partial charge in [0.25, 0.3) is 11.6 Å². The van der Waals surface area contributed by atoms with Crippen LogP contribution in [0, 0.1) is 17.0 Å². The molecule has 8 nitrogen and oxygen atoms in total. The van der Waals surface area contributed by atoms with Crippen molar-refractivity contribution in [1.29, 1.82) is 0 Å². The number of halogens is 2. The van der Waals surface area contributed by atoms with Gasteiger partial charge in [-0.2, -0.15) is 0 Å². The van der Waals surface area contributed by atoms with Crippen molar-refractivity contribution in [3.63, 3.8) is 0 Å². The summed E-state index contributed by atoms with van der Waals surface area (Å²) in [5.41, 5.74) is 2.24. The number of non-ortho nitro benzene ring substituents is 1. The van der Waals surface area contributed by atoms with Crippen molar-refractivity contribution in [3.05, 3.63) is 62.7 Å². The van der Waals surface area contributed by atoms with Gasteiger partial charge in [0.05, 0.1) is 25.7 Å². The van der Waals surface area contributed by atoms with Crippen molar-refractivity contribution < 1.29 is 9.72 Å². The molecule has 1 saturated heterocycles. The molecule has 0 radical (unpaired) electrons. The summed E-state index contributed by atoms with van der Waals surface area (Å²) in [6.07, 6.45) is 0. The lowest BCUT2D eigenvalue weighted by molar-refractivity contribution is -0.384. The molecular weight excluding hydrogens is 473 g/mol. The van der Waals surface area contributed by atoms with Crippen LogP contribution >= 0.6 is 35.3 Å². The van der Waals surface area contributed by atoms with Crippen LogP contribution in [0.15, 0.2) is 36.4 Å². The number of nitro groups is 1. The van der Waals surface area contributed by atoms with E-state index in [-0.39, 0.29) is 28.7 Å². The van der Waals surface area contributed by atoms with Gasteiger partial charge >= 0.3 is 0 Å². The first-order valence-corrected chi connectivity index (χ1v) is 11.2. The Labute approximate surface area is 200 Å². The number of rotatable bonds is 6. The number of carbonyl (C=O) groups is 1. The molecule has 11 heteroatoms. The molecule has 32 heavy (non-hydrogen) atoms. The van der Waals surface area contributed by atoms with E-state index in [1.165, 1.54) is 28.5 Å². The summed E-state index contributed by atoms with van der Waals surface area (Å²) in [5.74, 6) is -0.405. The van der Waals surface area contributed by atoms with Crippen molar-refractivity contribution in [1.82, 2.24) is 15.2 Å². The number of hydrogen-bond donors (Lipinski definition) is 1. The number of nitrogens with one attached hydrogen (secondary N) is 1. The predicted molar refractivity (Wildman–Crippen MR) is 131 cm³/mol. The average Bonchev–Trinajstić information content (AvgIpc) is 3.17. The summed E-state index contributed by atoms with van der Waals surface area (Å²) < 4.78 is 1.21. The zero-order valence-electron chi connectivity index (χ0n) is 17.4.